The van der Waals surface area contributed by atoms with Crippen LogP contribution in [0.4, 0.5) is 10.1 Å². The third kappa shape index (κ3) is 4.47. The van der Waals surface area contributed by atoms with Crippen LogP contribution in [-0.2, 0) is 11.3 Å². The monoisotopic (exact) mass is 362 g/mol. The first-order valence-corrected chi connectivity index (χ1v) is 7.76. The molecule has 0 aliphatic heterocycles. The number of hydrogen-bond acceptors (Lipinski definition) is 5. The highest BCUT2D eigenvalue weighted by atomic mass is 19.1. The summed E-state index contributed by atoms with van der Waals surface area (Å²) in [6.07, 6.45) is 0. The molecule has 0 saturated heterocycles. The van der Waals surface area contributed by atoms with Gasteiger partial charge in [-0.05, 0) is 30.7 Å². The van der Waals surface area contributed by atoms with Crippen molar-refractivity contribution in [1.82, 2.24) is 4.90 Å². The average molecular weight is 362 g/mol. The molecule has 2 aromatic carbocycles. The molecule has 0 heterocycles. The molecule has 2 rings (SSSR count). The van der Waals surface area contributed by atoms with Gasteiger partial charge in [-0.25, -0.2) is 4.39 Å². The van der Waals surface area contributed by atoms with Gasteiger partial charge in [0.1, 0.15) is 5.75 Å². The number of nitro benzene ring substituents is 1. The minimum Gasteiger partial charge on any atom is -0.494 e. The summed E-state index contributed by atoms with van der Waals surface area (Å²) in [7, 11) is 2.94. The number of nitro groups is 1. The molecule has 0 aliphatic rings. The second-order valence-electron chi connectivity index (χ2n) is 5.66. The van der Waals surface area contributed by atoms with Crippen molar-refractivity contribution in [2.45, 2.75) is 13.5 Å². The first-order valence-electron chi connectivity index (χ1n) is 7.76. The first-order chi connectivity index (χ1) is 12.3. The number of benzene rings is 2. The Labute approximate surface area is 150 Å². The fraction of sp³-hybridized carbons (Fsp3) is 0.278. The molecule has 0 aromatic heterocycles. The molecule has 0 spiro atoms. The van der Waals surface area contributed by atoms with Crippen LogP contribution in [0.2, 0.25) is 0 Å². The van der Waals surface area contributed by atoms with Crippen LogP contribution in [0.5, 0.6) is 11.5 Å². The van der Waals surface area contributed by atoms with E-state index in [0.717, 1.165) is 0 Å². The third-order valence-corrected chi connectivity index (χ3v) is 3.87. The lowest BCUT2D eigenvalue weighted by Crippen LogP contribution is -2.31. The number of carbonyl (C=O) groups excluding carboxylic acids is 1. The highest BCUT2D eigenvalue weighted by molar-refractivity contribution is 5.77. The van der Waals surface area contributed by atoms with Crippen molar-refractivity contribution in [3.05, 3.63) is 63.5 Å². The zero-order valence-corrected chi connectivity index (χ0v) is 14.7. The van der Waals surface area contributed by atoms with Crippen molar-refractivity contribution < 1.29 is 23.6 Å². The molecule has 26 heavy (non-hydrogen) atoms. The number of nitrogens with zero attached hydrogens (tertiary/aromatic N) is 2. The number of carbonyl (C=O) groups is 1. The third-order valence-electron chi connectivity index (χ3n) is 3.87. The summed E-state index contributed by atoms with van der Waals surface area (Å²) in [5.41, 5.74) is 0.882. The molecule has 138 valence electrons. The van der Waals surface area contributed by atoms with Gasteiger partial charge in [-0.15, -0.1) is 0 Å². The van der Waals surface area contributed by atoms with Crippen LogP contribution in [0.25, 0.3) is 0 Å². The number of amides is 1. The van der Waals surface area contributed by atoms with E-state index in [-0.39, 0.29) is 36.2 Å². The summed E-state index contributed by atoms with van der Waals surface area (Å²) in [6.45, 7) is 1.47. The Bertz CT molecular complexity index is 825. The predicted octanol–water partition coefficient (Wildman–Crippen LogP) is 3.09. The standard InChI is InChI=1S/C18H19FN2O5/c1-12-15(21(23)24)5-4-6-16(12)26-11-18(22)20(2)10-13-7-8-17(25-3)14(19)9-13/h4-9H,10-11H2,1-3H3. The SMILES string of the molecule is COc1ccc(CN(C)C(=O)COc2cccc([N+](=O)[O-])c2C)cc1F. The zero-order chi connectivity index (χ0) is 19.3. The second kappa shape index (κ2) is 8.28. The fourth-order valence-electron chi connectivity index (χ4n) is 2.38. The van der Waals surface area contributed by atoms with Gasteiger partial charge in [0, 0.05) is 19.7 Å². The molecule has 8 heteroatoms. The molecule has 0 atom stereocenters. The van der Waals surface area contributed by atoms with Gasteiger partial charge in [-0.3, -0.25) is 14.9 Å². The molecule has 0 aliphatic carbocycles. The van der Waals surface area contributed by atoms with E-state index in [1.165, 1.54) is 36.3 Å². The minimum atomic E-state index is -0.506. The first kappa shape index (κ1) is 19.2. The Morgan fingerprint density at radius 2 is 2.00 bits per heavy atom. The minimum absolute atomic E-state index is 0.0722. The van der Waals surface area contributed by atoms with E-state index in [1.54, 1.807) is 26.1 Å². The van der Waals surface area contributed by atoms with Crippen molar-refractivity contribution in [2.75, 3.05) is 20.8 Å². The maximum atomic E-state index is 13.7. The van der Waals surface area contributed by atoms with Gasteiger partial charge < -0.3 is 14.4 Å². The molecule has 0 radical (unpaired) electrons. The maximum absolute atomic E-state index is 13.7. The highest BCUT2D eigenvalue weighted by Crippen LogP contribution is 2.27. The molecule has 0 N–H and O–H groups in total. The summed E-state index contributed by atoms with van der Waals surface area (Å²) in [4.78, 5) is 24.0. The number of methoxy groups -OCH3 is 1. The molecule has 0 fully saturated rings. The van der Waals surface area contributed by atoms with Crippen LogP contribution in [0.3, 0.4) is 0 Å². The van der Waals surface area contributed by atoms with E-state index in [0.29, 0.717) is 11.1 Å². The normalized spacial score (nSPS) is 10.3. The Morgan fingerprint density at radius 1 is 1.27 bits per heavy atom. The molecule has 2 aromatic rings. The van der Waals surface area contributed by atoms with Crippen LogP contribution < -0.4 is 9.47 Å². The van der Waals surface area contributed by atoms with Crippen LogP contribution in [-0.4, -0.2) is 36.5 Å². The van der Waals surface area contributed by atoms with Crippen molar-refractivity contribution in [1.29, 1.82) is 0 Å². The summed E-state index contributed by atoms with van der Waals surface area (Å²) in [6, 6.07) is 8.88. The van der Waals surface area contributed by atoms with Gasteiger partial charge in [0.2, 0.25) is 0 Å². The van der Waals surface area contributed by atoms with Crippen molar-refractivity contribution >= 4 is 11.6 Å². The largest absolute Gasteiger partial charge is 0.494 e. The zero-order valence-electron chi connectivity index (χ0n) is 14.7. The lowest BCUT2D eigenvalue weighted by molar-refractivity contribution is -0.385. The highest BCUT2D eigenvalue weighted by Gasteiger charge is 2.16. The Balaban J connectivity index is 1.98. The van der Waals surface area contributed by atoms with Crippen molar-refractivity contribution in [3.63, 3.8) is 0 Å². The molecular weight excluding hydrogens is 343 g/mol. The Kier molecular flexibility index (Phi) is 6.11. The lowest BCUT2D eigenvalue weighted by Gasteiger charge is -2.18. The number of rotatable bonds is 7. The lowest BCUT2D eigenvalue weighted by atomic mass is 10.2. The molecular formula is C18H19FN2O5. The van der Waals surface area contributed by atoms with Crippen LogP contribution in [0.15, 0.2) is 36.4 Å². The summed E-state index contributed by atoms with van der Waals surface area (Å²) in [5, 5.41) is 10.9. The van der Waals surface area contributed by atoms with E-state index in [1.807, 2.05) is 0 Å². The fourth-order valence-corrected chi connectivity index (χ4v) is 2.38. The maximum Gasteiger partial charge on any atom is 0.276 e. The van der Waals surface area contributed by atoms with Gasteiger partial charge in [-0.2, -0.15) is 0 Å². The van der Waals surface area contributed by atoms with Crippen molar-refractivity contribution in [2.24, 2.45) is 0 Å². The quantitative estimate of drug-likeness (QED) is 0.558. The van der Waals surface area contributed by atoms with E-state index in [2.05, 4.69) is 0 Å². The molecule has 0 saturated carbocycles. The molecule has 7 nitrogen and oxygen atoms in total. The second-order valence-corrected chi connectivity index (χ2v) is 5.66. The molecule has 0 bridgehead atoms. The van der Waals surface area contributed by atoms with Crippen LogP contribution in [0, 0.1) is 22.9 Å². The Morgan fingerprint density at radius 3 is 2.62 bits per heavy atom. The number of ether oxygens (including phenoxy) is 2. The number of halogens is 1. The molecule has 0 unspecified atom stereocenters. The van der Waals surface area contributed by atoms with E-state index in [4.69, 9.17) is 9.47 Å². The number of likely N-dealkylation sites (N-methyl/N-ethyl adjacent to an activating group) is 1. The topological polar surface area (TPSA) is 81.9 Å². The number of hydrogen-bond donors (Lipinski definition) is 0. The van der Waals surface area contributed by atoms with Gasteiger partial charge in [0.05, 0.1) is 17.6 Å². The van der Waals surface area contributed by atoms with Crippen molar-refractivity contribution in [3.8, 4) is 11.5 Å². The smallest absolute Gasteiger partial charge is 0.276 e. The van der Waals surface area contributed by atoms with Gasteiger partial charge in [-0.1, -0.05) is 12.1 Å². The van der Waals surface area contributed by atoms with Gasteiger partial charge >= 0.3 is 0 Å². The molecule has 1 amide bonds. The summed E-state index contributed by atoms with van der Waals surface area (Å²) < 4.78 is 24.0. The Hall–Kier alpha value is -3.16. The van der Waals surface area contributed by atoms with Gasteiger partial charge in [0.15, 0.2) is 18.2 Å². The average Bonchev–Trinajstić information content (AvgIpc) is 2.60. The summed E-state index contributed by atoms with van der Waals surface area (Å²) in [5.74, 6) is -0.440. The van der Waals surface area contributed by atoms with E-state index in [9.17, 15) is 19.3 Å². The van der Waals surface area contributed by atoms with Gasteiger partial charge in [0.25, 0.3) is 11.6 Å². The summed E-state index contributed by atoms with van der Waals surface area (Å²) >= 11 is 0. The van der Waals surface area contributed by atoms with E-state index >= 15 is 0 Å². The van der Waals surface area contributed by atoms with Crippen LogP contribution >= 0.6 is 0 Å². The predicted molar refractivity (Wildman–Crippen MR) is 92.8 cm³/mol. The van der Waals surface area contributed by atoms with Crippen LogP contribution in [0.1, 0.15) is 11.1 Å². The van der Waals surface area contributed by atoms with E-state index < -0.39 is 10.7 Å².